The first kappa shape index (κ1) is 16.8. The van der Waals surface area contributed by atoms with E-state index in [0.717, 1.165) is 16.3 Å². The first-order chi connectivity index (χ1) is 11.9. The second kappa shape index (κ2) is 6.44. The van der Waals surface area contributed by atoms with Gasteiger partial charge >= 0.3 is 6.18 Å². The minimum absolute atomic E-state index is 0.0189. The number of hydrogen-bond acceptors (Lipinski definition) is 3. The van der Waals surface area contributed by atoms with Crippen molar-refractivity contribution < 1.29 is 13.2 Å². The van der Waals surface area contributed by atoms with Crippen LogP contribution in [0, 0.1) is 19.4 Å². The minimum Gasteiger partial charge on any atom is -0.300 e. The molecular weight excluding hydrogens is 327 g/mol. The molecule has 3 rings (SSSR count). The van der Waals surface area contributed by atoms with Gasteiger partial charge in [-0.15, -0.1) is 0 Å². The van der Waals surface area contributed by atoms with Crippen molar-refractivity contribution in [1.29, 1.82) is 0 Å². The maximum absolute atomic E-state index is 12.9. The Hall–Kier alpha value is -3.07. The van der Waals surface area contributed by atoms with Crippen LogP contribution in [0.3, 0.4) is 0 Å². The van der Waals surface area contributed by atoms with Gasteiger partial charge in [0.05, 0.1) is 12.1 Å². The quantitative estimate of drug-likeness (QED) is 0.554. The minimum atomic E-state index is -4.32. The molecule has 25 heavy (non-hydrogen) atoms. The van der Waals surface area contributed by atoms with Crippen LogP contribution < -0.4 is 5.32 Å². The lowest BCUT2D eigenvalue weighted by molar-refractivity contribution is -0.127. The molecule has 3 nitrogen and oxygen atoms in total. The van der Waals surface area contributed by atoms with Crippen LogP contribution in [0.25, 0.3) is 21.9 Å². The molecule has 0 unspecified atom stereocenters. The zero-order valence-corrected chi connectivity index (χ0v) is 13.4. The highest BCUT2D eigenvalue weighted by molar-refractivity contribution is 5.89. The molecule has 2 heterocycles. The number of rotatable bonds is 3. The average Bonchev–Trinajstić information content (AvgIpc) is 2.53. The lowest BCUT2D eigenvalue weighted by Crippen LogP contribution is -2.14. The van der Waals surface area contributed by atoms with E-state index in [9.17, 15) is 13.2 Å². The average molecular weight is 341 g/mol. The van der Waals surface area contributed by atoms with E-state index in [0.29, 0.717) is 16.9 Å². The largest absolute Gasteiger partial charge is 0.394 e. The van der Waals surface area contributed by atoms with Crippen LogP contribution in [-0.2, 0) is 6.42 Å². The van der Waals surface area contributed by atoms with Crippen molar-refractivity contribution in [2.24, 2.45) is 0 Å². The molecule has 0 saturated heterocycles. The van der Waals surface area contributed by atoms with E-state index in [1.165, 1.54) is 6.20 Å². The van der Waals surface area contributed by atoms with Crippen LogP contribution in [0.15, 0.2) is 42.7 Å². The molecule has 2 aromatic heterocycles. The van der Waals surface area contributed by atoms with E-state index in [4.69, 9.17) is 6.42 Å². The van der Waals surface area contributed by atoms with Gasteiger partial charge in [-0.05, 0) is 41.6 Å². The highest BCUT2D eigenvalue weighted by Gasteiger charge is 2.30. The number of aryl methyl sites for hydroxylation is 1. The normalized spacial score (nSPS) is 11.3. The van der Waals surface area contributed by atoms with Gasteiger partial charge in [-0.1, -0.05) is 18.6 Å². The fraction of sp³-hybridized carbons (Fsp3) is 0.158. The Morgan fingerprint density at radius 1 is 1.12 bits per heavy atom. The number of fused-ring (bicyclic) bond motifs is 1. The number of terminal acetylenes is 1. The van der Waals surface area contributed by atoms with Crippen molar-refractivity contribution in [3.63, 3.8) is 0 Å². The summed E-state index contributed by atoms with van der Waals surface area (Å²) in [6.45, 7) is 1.78. The van der Waals surface area contributed by atoms with E-state index in [2.05, 4.69) is 21.3 Å². The molecule has 0 spiro atoms. The molecule has 1 N–H and O–H groups in total. The number of aromatic nitrogens is 2. The van der Waals surface area contributed by atoms with Crippen LogP contribution in [0.5, 0.6) is 0 Å². The van der Waals surface area contributed by atoms with Gasteiger partial charge in [0, 0.05) is 29.4 Å². The summed E-state index contributed by atoms with van der Waals surface area (Å²) in [4.78, 5) is 8.14. The molecule has 0 fully saturated rings. The topological polar surface area (TPSA) is 37.8 Å². The maximum Gasteiger partial charge on any atom is 0.394 e. The number of halogens is 3. The monoisotopic (exact) mass is 341 g/mol. The highest BCUT2D eigenvalue weighted by Crippen LogP contribution is 2.32. The summed E-state index contributed by atoms with van der Waals surface area (Å²) in [5.41, 5.74) is 1.95. The van der Waals surface area contributed by atoms with Crippen molar-refractivity contribution in [3.05, 3.63) is 54.0 Å². The number of alkyl halides is 3. The van der Waals surface area contributed by atoms with Crippen molar-refractivity contribution in [3.8, 4) is 23.6 Å². The molecule has 0 aliphatic rings. The zero-order valence-electron chi connectivity index (χ0n) is 13.4. The Balaban J connectivity index is 2.10. The Morgan fingerprint density at radius 2 is 1.92 bits per heavy atom. The molecule has 0 saturated carbocycles. The van der Waals surface area contributed by atoms with Crippen molar-refractivity contribution in [2.75, 3.05) is 5.32 Å². The Morgan fingerprint density at radius 3 is 2.64 bits per heavy atom. The van der Waals surface area contributed by atoms with Gasteiger partial charge in [0.1, 0.15) is 5.82 Å². The van der Waals surface area contributed by atoms with Crippen molar-refractivity contribution in [1.82, 2.24) is 9.97 Å². The lowest BCUT2D eigenvalue weighted by atomic mass is 9.96. The predicted molar refractivity (Wildman–Crippen MR) is 91.9 cm³/mol. The fourth-order valence-corrected chi connectivity index (χ4v) is 2.77. The molecule has 0 bridgehead atoms. The third-order valence-corrected chi connectivity index (χ3v) is 3.82. The molecule has 0 amide bonds. The van der Waals surface area contributed by atoms with E-state index in [-0.39, 0.29) is 5.69 Å². The first-order valence-electron chi connectivity index (χ1n) is 7.50. The van der Waals surface area contributed by atoms with Crippen molar-refractivity contribution >= 4 is 16.6 Å². The van der Waals surface area contributed by atoms with Crippen molar-refractivity contribution in [2.45, 2.75) is 19.5 Å². The van der Waals surface area contributed by atoms with Crippen LogP contribution in [-0.4, -0.2) is 16.1 Å². The summed E-state index contributed by atoms with van der Waals surface area (Å²) in [5, 5.41) is 4.36. The summed E-state index contributed by atoms with van der Waals surface area (Å²) >= 11 is 0. The second-order valence-electron chi connectivity index (χ2n) is 5.64. The molecule has 0 aliphatic carbocycles. The van der Waals surface area contributed by atoms with Gasteiger partial charge in [-0.25, -0.2) is 4.98 Å². The van der Waals surface area contributed by atoms with E-state index in [1.807, 2.05) is 12.1 Å². The summed E-state index contributed by atoms with van der Waals surface area (Å²) in [7, 11) is 0. The van der Waals surface area contributed by atoms with Crippen LogP contribution >= 0.6 is 0 Å². The molecule has 0 aliphatic heterocycles. The summed E-state index contributed by atoms with van der Waals surface area (Å²) in [5.74, 6) is 0.540. The molecule has 6 heteroatoms. The van der Waals surface area contributed by atoms with Gasteiger partial charge < -0.3 is 0 Å². The Kier molecular flexibility index (Phi) is 4.32. The Bertz CT molecular complexity index is 972. The fourth-order valence-electron chi connectivity index (χ4n) is 2.77. The second-order valence-corrected chi connectivity index (χ2v) is 5.64. The smallest absolute Gasteiger partial charge is 0.300 e. The van der Waals surface area contributed by atoms with Crippen LogP contribution in [0.2, 0.25) is 0 Å². The lowest BCUT2D eigenvalue weighted by Gasteiger charge is -2.14. The number of hydrogen-bond donors (Lipinski definition) is 1. The highest BCUT2D eigenvalue weighted by atomic mass is 19.4. The van der Waals surface area contributed by atoms with E-state index >= 15 is 0 Å². The zero-order chi connectivity index (χ0) is 18.0. The predicted octanol–water partition coefficient (Wildman–Crippen LogP) is 4.71. The molecule has 0 radical (unpaired) electrons. The molecule has 1 aromatic carbocycles. The Labute approximate surface area is 142 Å². The SMILES string of the molecule is C#CNc1cc2ccc(-c3c(C)ccnc3CC(F)(F)F)cc2cn1. The third kappa shape index (κ3) is 3.72. The maximum atomic E-state index is 12.9. The van der Waals surface area contributed by atoms with E-state index < -0.39 is 12.6 Å². The molecule has 0 atom stereocenters. The van der Waals surface area contributed by atoms with E-state index in [1.54, 1.807) is 31.3 Å². The van der Waals surface area contributed by atoms with Gasteiger partial charge in [0.2, 0.25) is 0 Å². The first-order valence-corrected chi connectivity index (χ1v) is 7.50. The number of nitrogens with one attached hydrogen (secondary N) is 1. The molecule has 3 aromatic rings. The summed E-state index contributed by atoms with van der Waals surface area (Å²) in [6, 6.07) is 11.2. The summed E-state index contributed by atoms with van der Waals surface area (Å²) < 4.78 is 38.6. The number of nitrogens with zero attached hydrogens (tertiary/aromatic N) is 2. The number of benzene rings is 1. The van der Waals surface area contributed by atoms with Gasteiger partial charge in [0.25, 0.3) is 0 Å². The van der Waals surface area contributed by atoms with Gasteiger partial charge in [-0.2, -0.15) is 13.2 Å². The van der Waals surface area contributed by atoms with Gasteiger partial charge in [0.15, 0.2) is 0 Å². The third-order valence-electron chi connectivity index (χ3n) is 3.82. The molecule has 126 valence electrons. The van der Waals surface area contributed by atoms with Crippen LogP contribution in [0.1, 0.15) is 11.3 Å². The molecular formula is C19H14F3N3. The summed E-state index contributed by atoms with van der Waals surface area (Å²) in [6.07, 6.45) is 2.84. The van der Waals surface area contributed by atoms with Crippen LogP contribution in [0.4, 0.5) is 19.0 Å². The number of anilines is 1. The van der Waals surface area contributed by atoms with Gasteiger partial charge in [-0.3, -0.25) is 10.3 Å². The number of pyridine rings is 2. The standard InChI is InChI=1S/C19H14F3N3/c1-3-23-17-9-13-4-5-14(8-15(13)11-25-17)18-12(2)6-7-24-16(18)10-19(20,21)22/h1,4-9,11H,10H2,2H3,(H,23,25).